The summed E-state index contributed by atoms with van der Waals surface area (Å²) in [6.07, 6.45) is 0. The van der Waals surface area contributed by atoms with Crippen LogP contribution in [-0.4, -0.2) is 85.7 Å². The maximum atomic E-state index is 13.7. The number of carbonyl (C=O) groups is 3. The van der Waals surface area contributed by atoms with E-state index in [9.17, 15) is 19.5 Å². The molecule has 0 spiro atoms. The number of hydrogen-bond donors (Lipinski definition) is 1. The summed E-state index contributed by atoms with van der Waals surface area (Å²) in [5.74, 6) is -1.17. The average Bonchev–Trinajstić information content (AvgIpc) is 2.98. The second kappa shape index (κ2) is 12.5. The number of likely N-dealkylation sites (N-methyl/N-ethyl adjacent to an activating group) is 1. The van der Waals surface area contributed by atoms with Gasteiger partial charge in [0.15, 0.2) is 6.61 Å². The van der Waals surface area contributed by atoms with E-state index < -0.39 is 5.97 Å². The minimum atomic E-state index is -0.972. The van der Waals surface area contributed by atoms with Gasteiger partial charge in [0.05, 0.1) is 40.6 Å². The maximum Gasteiger partial charge on any atom is 0.335 e. The van der Waals surface area contributed by atoms with E-state index in [4.69, 9.17) is 32.7 Å². The molecule has 1 saturated heterocycles. The van der Waals surface area contributed by atoms with Gasteiger partial charge in [0.25, 0.3) is 5.91 Å². The highest BCUT2D eigenvalue weighted by Gasteiger charge is 2.32. The van der Waals surface area contributed by atoms with Crippen LogP contribution in [-0.2, 0) is 14.3 Å². The van der Waals surface area contributed by atoms with E-state index in [0.29, 0.717) is 36.2 Å². The first kappa shape index (κ1) is 28.9. The Morgan fingerprint density at radius 2 is 1.59 bits per heavy atom. The lowest BCUT2D eigenvalue weighted by Gasteiger charge is -2.37. The molecule has 41 heavy (non-hydrogen) atoms. The second-order valence-electron chi connectivity index (χ2n) is 9.94. The normalized spacial score (nSPS) is 16.1. The molecule has 0 radical (unpaired) electrons. The molecule has 214 valence electrons. The largest absolute Gasteiger partial charge is 0.482 e. The van der Waals surface area contributed by atoms with Gasteiger partial charge in [-0.15, -0.1) is 0 Å². The van der Waals surface area contributed by atoms with Crippen LogP contribution in [0.25, 0.3) is 11.1 Å². The zero-order valence-electron chi connectivity index (χ0n) is 22.4. The average molecular weight is 598 g/mol. The number of amides is 2. The van der Waals surface area contributed by atoms with Crippen molar-refractivity contribution in [2.45, 2.75) is 6.04 Å². The standard InChI is InChI=1S/C30H29Cl2N3O6/c1-33(28(36)17-35-25-14-23(31)24(32)15-27(25)41-18-29(35)37)26(16-34-10-12-40-13-11-34)21-6-2-19(3-7-21)20-4-8-22(9-5-20)30(38)39/h2-9,14-15,26H,10-13,16-18H2,1H3,(H,38,39)/t26-/m0/s1. The Labute approximate surface area is 247 Å². The summed E-state index contributed by atoms with van der Waals surface area (Å²) in [5, 5.41) is 9.74. The molecule has 0 saturated carbocycles. The first-order valence-corrected chi connectivity index (χ1v) is 13.9. The second-order valence-corrected chi connectivity index (χ2v) is 10.8. The Bertz CT molecular complexity index is 1440. The fraction of sp³-hybridized carbons (Fsp3) is 0.300. The van der Waals surface area contributed by atoms with Gasteiger partial charge in [-0.1, -0.05) is 59.6 Å². The minimum Gasteiger partial charge on any atom is -0.482 e. The SMILES string of the molecule is CN(C(=O)CN1C(=O)COc2cc(Cl)c(Cl)cc21)[C@@H](CN1CCOCC1)c1ccc(-c2ccc(C(=O)O)cc2)cc1. The summed E-state index contributed by atoms with van der Waals surface area (Å²) in [6.45, 7) is 2.96. The molecule has 9 nitrogen and oxygen atoms in total. The number of carboxylic acid groups (broad SMARTS) is 1. The van der Waals surface area contributed by atoms with E-state index in [-0.39, 0.29) is 41.6 Å². The van der Waals surface area contributed by atoms with Crippen LogP contribution in [0.2, 0.25) is 10.0 Å². The van der Waals surface area contributed by atoms with Crippen molar-refractivity contribution >= 4 is 46.7 Å². The molecule has 3 aromatic carbocycles. The topological polar surface area (TPSA) is 99.6 Å². The molecular formula is C30H29Cl2N3O6. The molecule has 2 amide bonds. The van der Waals surface area contributed by atoms with Gasteiger partial charge >= 0.3 is 5.97 Å². The molecule has 1 N–H and O–H groups in total. The van der Waals surface area contributed by atoms with Crippen molar-refractivity contribution in [1.82, 2.24) is 9.80 Å². The number of benzene rings is 3. The van der Waals surface area contributed by atoms with Crippen molar-refractivity contribution in [3.63, 3.8) is 0 Å². The van der Waals surface area contributed by atoms with Crippen molar-refractivity contribution in [2.75, 3.05) is 57.9 Å². The quantitative estimate of drug-likeness (QED) is 0.404. The number of carboxylic acids is 1. The number of fused-ring (bicyclic) bond motifs is 1. The number of aromatic carboxylic acids is 1. The molecule has 0 unspecified atom stereocenters. The van der Waals surface area contributed by atoms with E-state index in [1.807, 2.05) is 24.3 Å². The minimum absolute atomic E-state index is 0.183. The molecule has 0 bridgehead atoms. The third-order valence-corrected chi connectivity index (χ3v) is 8.12. The Hall–Kier alpha value is -3.63. The predicted octanol–water partition coefficient (Wildman–Crippen LogP) is 4.62. The van der Waals surface area contributed by atoms with E-state index in [1.54, 1.807) is 42.3 Å². The van der Waals surface area contributed by atoms with Gasteiger partial charge in [0.1, 0.15) is 12.3 Å². The zero-order chi connectivity index (χ0) is 29.1. The van der Waals surface area contributed by atoms with Gasteiger partial charge in [-0.3, -0.25) is 19.4 Å². The van der Waals surface area contributed by atoms with Gasteiger partial charge < -0.3 is 19.5 Å². The highest BCUT2D eigenvalue weighted by atomic mass is 35.5. The smallest absolute Gasteiger partial charge is 0.335 e. The van der Waals surface area contributed by atoms with Crippen LogP contribution in [0.3, 0.4) is 0 Å². The van der Waals surface area contributed by atoms with Crippen molar-refractivity contribution in [1.29, 1.82) is 0 Å². The van der Waals surface area contributed by atoms with Gasteiger partial charge in [-0.05, 0) is 34.9 Å². The first-order chi connectivity index (χ1) is 19.7. The summed E-state index contributed by atoms with van der Waals surface area (Å²) in [6, 6.07) is 17.4. The summed E-state index contributed by atoms with van der Waals surface area (Å²) >= 11 is 12.3. The van der Waals surface area contributed by atoms with Gasteiger partial charge in [-0.25, -0.2) is 4.79 Å². The molecule has 1 fully saturated rings. The number of morpholine rings is 1. The van der Waals surface area contributed by atoms with Crippen LogP contribution in [0, 0.1) is 0 Å². The first-order valence-electron chi connectivity index (χ1n) is 13.1. The van der Waals surface area contributed by atoms with Crippen molar-refractivity contribution in [3.8, 4) is 16.9 Å². The Balaban J connectivity index is 1.39. The molecule has 0 aliphatic carbocycles. The highest BCUT2D eigenvalue weighted by molar-refractivity contribution is 6.42. The number of hydrogen-bond acceptors (Lipinski definition) is 6. The van der Waals surface area contributed by atoms with E-state index >= 15 is 0 Å². The molecule has 2 aliphatic heterocycles. The van der Waals surface area contributed by atoms with Crippen molar-refractivity contribution in [2.24, 2.45) is 0 Å². The lowest BCUT2D eigenvalue weighted by Crippen LogP contribution is -2.48. The molecule has 11 heteroatoms. The van der Waals surface area contributed by atoms with Gasteiger partial charge in [0.2, 0.25) is 5.91 Å². The van der Waals surface area contributed by atoms with Crippen LogP contribution >= 0.6 is 23.2 Å². The number of rotatable bonds is 8. The summed E-state index contributed by atoms with van der Waals surface area (Å²) in [4.78, 5) is 43.0. The number of ether oxygens (including phenoxy) is 2. The highest BCUT2D eigenvalue weighted by Crippen LogP contribution is 2.39. The van der Waals surface area contributed by atoms with Crippen LogP contribution in [0.1, 0.15) is 22.0 Å². The van der Waals surface area contributed by atoms with Crippen LogP contribution in [0.15, 0.2) is 60.7 Å². The van der Waals surface area contributed by atoms with Gasteiger partial charge in [-0.2, -0.15) is 0 Å². The lowest BCUT2D eigenvalue weighted by atomic mass is 9.98. The fourth-order valence-electron chi connectivity index (χ4n) is 4.97. The molecule has 3 aromatic rings. The Morgan fingerprint density at radius 3 is 2.22 bits per heavy atom. The third kappa shape index (κ3) is 6.49. The van der Waals surface area contributed by atoms with Crippen LogP contribution in [0.4, 0.5) is 5.69 Å². The Morgan fingerprint density at radius 1 is 0.976 bits per heavy atom. The van der Waals surface area contributed by atoms with Crippen LogP contribution in [0.5, 0.6) is 5.75 Å². The van der Waals surface area contributed by atoms with E-state index in [2.05, 4.69) is 4.90 Å². The van der Waals surface area contributed by atoms with Crippen molar-refractivity contribution < 1.29 is 29.0 Å². The zero-order valence-corrected chi connectivity index (χ0v) is 23.9. The molecule has 2 heterocycles. The maximum absolute atomic E-state index is 13.7. The third-order valence-electron chi connectivity index (χ3n) is 7.39. The predicted molar refractivity (Wildman–Crippen MR) is 156 cm³/mol. The lowest BCUT2D eigenvalue weighted by molar-refractivity contribution is -0.133. The molecule has 0 aromatic heterocycles. The van der Waals surface area contributed by atoms with E-state index in [1.165, 1.54) is 11.0 Å². The van der Waals surface area contributed by atoms with Crippen LogP contribution < -0.4 is 9.64 Å². The molecular weight excluding hydrogens is 569 g/mol. The van der Waals surface area contributed by atoms with E-state index in [0.717, 1.165) is 29.8 Å². The fourth-order valence-corrected chi connectivity index (χ4v) is 5.28. The summed E-state index contributed by atoms with van der Waals surface area (Å²) in [7, 11) is 1.74. The summed E-state index contributed by atoms with van der Waals surface area (Å²) in [5.41, 5.74) is 3.37. The monoisotopic (exact) mass is 597 g/mol. The number of carbonyl (C=O) groups excluding carboxylic acids is 2. The summed E-state index contributed by atoms with van der Waals surface area (Å²) < 4.78 is 11.0. The molecule has 5 rings (SSSR count). The van der Waals surface area contributed by atoms with Crippen molar-refractivity contribution in [3.05, 3.63) is 81.8 Å². The number of halogens is 2. The molecule has 2 aliphatic rings. The number of anilines is 1. The van der Waals surface area contributed by atoms with Gasteiger partial charge in [0, 0.05) is 32.7 Å². The Kier molecular flexibility index (Phi) is 8.79. The number of nitrogens with zero attached hydrogens (tertiary/aromatic N) is 3. The molecule has 1 atom stereocenters.